The van der Waals surface area contributed by atoms with Crippen molar-refractivity contribution in [2.75, 3.05) is 0 Å². The van der Waals surface area contributed by atoms with Crippen molar-refractivity contribution < 1.29 is 29.7 Å². The number of nitro groups is 4. The SMILES string of the molecule is O=[N+]([O-])c1c(-c2cccs2)sc(-c2cccs2)c1[N+](=O)[O-].O=[N+]([O-])c1c(Br)sc(Br)c1[N+](=O)[O-].OB(O)c1cccs1. The quantitative estimate of drug-likeness (QED) is 0.0938. The molecule has 0 bridgehead atoms. The standard InChI is InChI=1S/C12H6N2O4S3.C4H5BO2S.C4Br2N2O4S/c15-13(16)9-10(14(17)18)12(8-4-2-6-20-8)21-11(9)7-3-1-5-19-7;6-5(7)4-2-1-3-8-4;5-3-1(7(9)10)2(8(11)12)4(6)13-3/h1-6H;1-3,6-7H;. The van der Waals surface area contributed by atoms with Crippen LogP contribution < -0.4 is 4.78 Å². The Hall–Kier alpha value is -2.96. The maximum Gasteiger partial charge on any atom is 0.499 e. The molecule has 2 N–H and O–H groups in total. The summed E-state index contributed by atoms with van der Waals surface area (Å²) in [5.41, 5.74) is -1.87. The summed E-state index contributed by atoms with van der Waals surface area (Å²) < 4.78 is 0.858. The Kier molecular flexibility index (Phi) is 12.0. The van der Waals surface area contributed by atoms with Gasteiger partial charge >= 0.3 is 29.9 Å². The molecule has 0 fully saturated rings. The van der Waals surface area contributed by atoms with Crippen LogP contribution in [0.2, 0.25) is 0 Å². The molecule has 0 aliphatic carbocycles. The van der Waals surface area contributed by atoms with Crippen molar-refractivity contribution in [1.82, 2.24) is 0 Å². The number of rotatable bonds is 7. The van der Waals surface area contributed by atoms with Gasteiger partial charge in [-0.3, -0.25) is 40.5 Å². The molecule has 0 aliphatic heterocycles. The van der Waals surface area contributed by atoms with Crippen LogP contribution >= 0.6 is 88.5 Å². The highest BCUT2D eigenvalue weighted by Gasteiger charge is 2.38. The van der Waals surface area contributed by atoms with Crippen molar-refractivity contribution >= 4 is 123 Å². The second kappa shape index (κ2) is 15.0. The first kappa shape index (κ1) is 33.5. The topological polar surface area (TPSA) is 213 Å². The summed E-state index contributed by atoms with van der Waals surface area (Å²) in [7, 11) is -1.30. The van der Waals surface area contributed by atoms with Crippen LogP contribution in [0, 0.1) is 40.5 Å². The fourth-order valence-electron chi connectivity index (χ4n) is 3.02. The maximum atomic E-state index is 11.3. The molecular formula is C20H11BBr2N4O10S5. The second-order valence-corrected chi connectivity index (χ2v) is 14.7. The first-order valence-corrected chi connectivity index (χ1v) is 16.4. The Labute approximate surface area is 271 Å². The normalized spacial score (nSPS) is 10.2. The van der Waals surface area contributed by atoms with Crippen LogP contribution in [0.5, 0.6) is 0 Å². The minimum atomic E-state index is -1.30. The van der Waals surface area contributed by atoms with Gasteiger partial charge in [0.1, 0.15) is 9.75 Å². The molecule has 0 amide bonds. The van der Waals surface area contributed by atoms with E-state index in [4.69, 9.17) is 10.0 Å². The Bertz CT molecular complexity index is 1610. The number of halogens is 2. The highest BCUT2D eigenvalue weighted by Crippen LogP contribution is 2.53. The zero-order valence-electron chi connectivity index (χ0n) is 20.0. The van der Waals surface area contributed by atoms with E-state index in [-0.39, 0.29) is 7.57 Å². The van der Waals surface area contributed by atoms with Gasteiger partial charge in [0.25, 0.3) is 0 Å². The molecule has 5 rings (SSSR count). The van der Waals surface area contributed by atoms with E-state index in [9.17, 15) is 40.5 Å². The summed E-state index contributed by atoms with van der Waals surface area (Å²) in [6, 6.07) is 10.4. The van der Waals surface area contributed by atoms with Crippen molar-refractivity contribution in [1.29, 1.82) is 0 Å². The molecule has 5 aromatic rings. The predicted molar refractivity (Wildman–Crippen MR) is 171 cm³/mol. The largest absolute Gasteiger partial charge is 0.499 e. The molecule has 218 valence electrons. The lowest BCUT2D eigenvalue weighted by atomic mass is 9.90. The van der Waals surface area contributed by atoms with E-state index in [2.05, 4.69) is 31.9 Å². The van der Waals surface area contributed by atoms with Crippen LogP contribution in [0.3, 0.4) is 0 Å². The molecule has 5 heterocycles. The minimum Gasteiger partial charge on any atom is -0.423 e. The van der Waals surface area contributed by atoms with E-state index in [1.165, 1.54) is 34.0 Å². The Morgan fingerprint density at radius 1 is 0.595 bits per heavy atom. The lowest BCUT2D eigenvalue weighted by molar-refractivity contribution is -0.422. The van der Waals surface area contributed by atoms with Crippen molar-refractivity contribution in [3.63, 3.8) is 0 Å². The molecule has 0 aliphatic rings. The van der Waals surface area contributed by atoms with Gasteiger partial charge in [0.15, 0.2) is 7.57 Å². The van der Waals surface area contributed by atoms with Gasteiger partial charge < -0.3 is 10.0 Å². The van der Waals surface area contributed by atoms with Crippen LogP contribution in [-0.4, -0.2) is 36.9 Å². The van der Waals surface area contributed by atoms with E-state index >= 15 is 0 Å². The third kappa shape index (κ3) is 7.90. The summed E-state index contributed by atoms with van der Waals surface area (Å²) >= 11 is 11.7. The zero-order chi connectivity index (χ0) is 31.1. The van der Waals surface area contributed by atoms with Gasteiger partial charge in [0, 0.05) is 4.78 Å². The Morgan fingerprint density at radius 2 is 0.976 bits per heavy atom. The van der Waals surface area contributed by atoms with Crippen LogP contribution in [0.4, 0.5) is 22.7 Å². The molecule has 0 unspecified atom stereocenters. The van der Waals surface area contributed by atoms with E-state index < -0.39 is 49.6 Å². The van der Waals surface area contributed by atoms with Gasteiger partial charge in [-0.05, 0) is 60.1 Å². The molecule has 0 saturated heterocycles. The summed E-state index contributed by atoms with van der Waals surface area (Å²) in [5.74, 6) is 0. The van der Waals surface area contributed by atoms with Crippen molar-refractivity contribution in [2.45, 2.75) is 0 Å². The van der Waals surface area contributed by atoms with E-state index in [0.29, 0.717) is 24.3 Å². The van der Waals surface area contributed by atoms with Crippen molar-refractivity contribution in [3.8, 4) is 19.5 Å². The average molecular weight is 798 g/mol. The van der Waals surface area contributed by atoms with Crippen molar-refractivity contribution in [2.24, 2.45) is 0 Å². The first-order valence-electron chi connectivity index (χ1n) is 10.5. The molecule has 22 heteroatoms. The second-order valence-electron chi connectivity index (χ2n) is 7.18. The minimum absolute atomic E-state index is 0.135. The first-order chi connectivity index (χ1) is 19.8. The highest BCUT2D eigenvalue weighted by molar-refractivity contribution is 9.12. The highest BCUT2D eigenvalue weighted by atomic mass is 79.9. The maximum absolute atomic E-state index is 11.3. The Morgan fingerprint density at radius 3 is 1.24 bits per heavy atom. The number of hydrogen-bond acceptors (Lipinski definition) is 15. The molecule has 0 aromatic carbocycles. The predicted octanol–water partition coefficient (Wildman–Crippen LogP) is 7.54. The van der Waals surface area contributed by atoms with Crippen LogP contribution in [0.1, 0.15) is 0 Å². The average Bonchev–Trinajstić information content (AvgIpc) is 3.73. The molecular weight excluding hydrogens is 787 g/mol. The number of nitrogens with zero attached hydrogens (tertiary/aromatic N) is 4. The third-order valence-corrected chi connectivity index (χ3v) is 11.3. The summed E-state index contributed by atoms with van der Waals surface area (Å²) in [6.07, 6.45) is 0. The molecule has 0 spiro atoms. The molecule has 0 radical (unpaired) electrons. The van der Waals surface area contributed by atoms with E-state index in [1.807, 2.05) is 0 Å². The summed E-state index contributed by atoms with van der Waals surface area (Å²) in [5, 5.41) is 65.8. The van der Waals surface area contributed by atoms with E-state index in [0.717, 1.165) is 22.7 Å². The van der Waals surface area contributed by atoms with Crippen LogP contribution in [0.25, 0.3) is 19.5 Å². The number of hydrogen-bond donors (Lipinski definition) is 2. The summed E-state index contributed by atoms with van der Waals surface area (Å²) in [4.78, 5) is 42.6. The van der Waals surface area contributed by atoms with Crippen LogP contribution in [0.15, 0.2) is 60.1 Å². The van der Waals surface area contributed by atoms with Gasteiger partial charge in [-0.25, -0.2) is 0 Å². The molecule has 5 aromatic heterocycles. The van der Waals surface area contributed by atoms with Crippen LogP contribution in [-0.2, 0) is 0 Å². The molecule has 42 heavy (non-hydrogen) atoms. The monoisotopic (exact) mass is 796 g/mol. The fraction of sp³-hybridized carbons (Fsp3) is 0. The lowest BCUT2D eigenvalue weighted by Crippen LogP contribution is -2.26. The smallest absolute Gasteiger partial charge is 0.423 e. The van der Waals surface area contributed by atoms with Gasteiger partial charge in [-0.2, -0.15) is 11.3 Å². The van der Waals surface area contributed by atoms with Crippen molar-refractivity contribution in [3.05, 3.63) is 101 Å². The zero-order valence-corrected chi connectivity index (χ0v) is 27.3. The lowest BCUT2D eigenvalue weighted by Gasteiger charge is -1.93. The molecule has 14 nitrogen and oxygen atoms in total. The Balaban J connectivity index is 0.000000196. The fourth-order valence-corrected chi connectivity index (χ4v) is 9.54. The summed E-state index contributed by atoms with van der Waals surface area (Å²) in [6.45, 7) is 0. The molecule has 0 saturated carbocycles. The third-order valence-electron chi connectivity index (χ3n) is 4.65. The molecule has 0 atom stereocenters. The van der Waals surface area contributed by atoms with Gasteiger partial charge in [-0.1, -0.05) is 24.3 Å². The number of thiophene rings is 5. The van der Waals surface area contributed by atoms with E-state index in [1.54, 1.807) is 52.5 Å². The van der Waals surface area contributed by atoms with Gasteiger partial charge in [0.05, 0.1) is 29.4 Å². The van der Waals surface area contributed by atoms with Gasteiger partial charge in [0.2, 0.25) is 0 Å². The van der Waals surface area contributed by atoms with Gasteiger partial charge in [-0.15, -0.1) is 45.3 Å².